The summed E-state index contributed by atoms with van der Waals surface area (Å²) < 4.78 is 5.56. The van der Waals surface area contributed by atoms with E-state index in [4.69, 9.17) is 4.74 Å². The second-order valence-electron chi connectivity index (χ2n) is 5.78. The molecule has 0 spiro atoms. The molecule has 0 fully saturated rings. The van der Waals surface area contributed by atoms with Crippen LogP contribution in [0.15, 0.2) is 30.3 Å². The number of hydrogen-bond acceptors (Lipinski definition) is 1. The average molecular weight is 306 g/mol. The normalized spacial score (nSPS) is 11.6. The Morgan fingerprint density at radius 1 is 0.900 bits per heavy atom. The lowest BCUT2D eigenvalue weighted by Crippen LogP contribution is -1.94. The Balaban J connectivity index is 2.51. The molecule has 0 aliphatic carbocycles. The predicted octanol–water partition coefficient (Wildman–Crippen LogP) is 5.33. The zero-order valence-corrected chi connectivity index (χ0v) is 14.9. The Morgan fingerprint density at radius 2 is 1.60 bits per heavy atom. The fourth-order valence-corrected chi connectivity index (χ4v) is 4.44. The van der Waals surface area contributed by atoms with Gasteiger partial charge in [-0.2, -0.15) is 0 Å². The Kier molecular flexibility index (Phi) is 5.42. The summed E-state index contributed by atoms with van der Waals surface area (Å²) in [5.74, 6) is 1.04. The minimum absolute atomic E-state index is 0.0297. The van der Waals surface area contributed by atoms with Gasteiger partial charge in [0.1, 0.15) is 5.75 Å². The quantitative estimate of drug-likeness (QED) is 0.678. The van der Waals surface area contributed by atoms with Crippen molar-refractivity contribution in [2.45, 2.75) is 12.3 Å². The third-order valence-electron chi connectivity index (χ3n) is 3.35. The van der Waals surface area contributed by atoms with E-state index in [2.05, 4.69) is 57.0 Å². The summed E-state index contributed by atoms with van der Waals surface area (Å²) in [5.41, 5.74) is 2.84. The summed E-state index contributed by atoms with van der Waals surface area (Å²) in [4.78, 5) is 0. The molecule has 0 saturated heterocycles. The van der Waals surface area contributed by atoms with E-state index in [1.54, 1.807) is 7.11 Å². The number of methoxy groups -OCH3 is 1. The van der Waals surface area contributed by atoms with Crippen LogP contribution < -0.4 is 4.74 Å². The van der Waals surface area contributed by atoms with Crippen LogP contribution in [-0.4, -0.2) is 33.8 Å². The first-order valence-electron chi connectivity index (χ1n) is 6.89. The Bertz CT molecular complexity index is 591. The molecule has 0 atom stereocenters. The van der Waals surface area contributed by atoms with Gasteiger partial charge in [0.2, 0.25) is 0 Å². The van der Waals surface area contributed by atoms with Gasteiger partial charge < -0.3 is 4.74 Å². The van der Waals surface area contributed by atoms with Crippen molar-refractivity contribution in [3.8, 4) is 5.75 Å². The minimum atomic E-state index is 0.0297. The van der Waals surface area contributed by atoms with E-state index in [1.165, 1.54) is 28.1 Å². The van der Waals surface area contributed by atoms with Crippen molar-refractivity contribution in [1.82, 2.24) is 0 Å². The summed E-state index contributed by atoms with van der Waals surface area (Å²) in [7, 11) is 1.92. The van der Waals surface area contributed by atoms with Gasteiger partial charge >= 0.3 is 0 Å². The highest BCUT2D eigenvalue weighted by molar-refractivity contribution is 7.55. The first kappa shape index (κ1) is 15.7. The van der Waals surface area contributed by atoms with Crippen molar-refractivity contribution in [1.29, 1.82) is 0 Å². The minimum Gasteiger partial charge on any atom is -0.496 e. The third-order valence-corrected chi connectivity index (χ3v) is 5.29. The molecule has 2 rings (SSSR count). The second kappa shape index (κ2) is 6.88. The number of benzene rings is 2. The Hall–Kier alpha value is -0.640. The van der Waals surface area contributed by atoms with Crippen LogP contribution in [-0.2, 0) is 12.3 Å². The van der Waals surface area contributed by atoms with E-state index in [-0.39, 0.29) is 15.8 Å². The zero-order chi connectivity index (χ0) is 14.7. The number of rotatable bonds is 5. The van der Waals surface area contributed by atoms with Crippen LogP contribution in [0, 0.1) is 0 Å². The molecule has 108 valence electrons. The summed E-state index contributed by atoms with van der Waals surface area (Å²) in [6, 6.07) is 11.3. The molecule has 2 aromatic carbocycles. The fraction of sp³-hybridized carbons (Fsp3) is 0.412. The topological polar surface area (TPSA) is 9.23 Å². The molecule has 1 nitrogen and oxygen atoms in total. The molecular weight excluding hydrogens is 282 g/mol. The molecule has 0 radical (unpaired) electrons. The van der Waals surface area contributed by atoms with Crippen LogP contribution in [0.1, 0.15) is 11.1 Å². The molecule has 2 aromatic rings. The van der Waals surface area contributed by atoms with Gasteiger partial charge in [-0.05, 0) is 61.4 Å². The molecule has 0 aliphatic heterocycles. The second-order valence-corrected chi connectivity index (χ2v) is 10.7. The van der Waals surface area contributed by atoms with Gasteiger partial charge in [0.15, 0.2) is 0 Å². The van der Waals surface area contributed by atoms with Crippen molar-refractivity contribution in [2.24, 2.45) is 0 Å². The lowest BCUT2D eigenvalue weighted by molar-refractivity contribution is 0.412. The zero-order valence-electron chi connectivity index (χ0n) is 13.1. The lowest BCUT2D eigenvalue weighted by Gasteiger charge is -2.15. The molecule has 20 heavy (non-hydrogen) atoms. The highest BCUT2D eigenvalue weighted by Gasteiger charge is 2.10. The SMILES string of the molecule is COc1ccc2cc(CP(C)C)ccc2c1CP(C)C. The maximum Gasteiger partial charge on any atom is 0.123 e. The lowest BCUT2D eigenvalue weighted by atomic mass is 10.0. The van der Waals surface area contributed by atoms with Crippen molar-refractivity contribution in [2.75, 3.05) is 33.8 Å². The van der Waals surface area contributed by atoms with Gasteiger partial charge in [0, 0.05) is 5.56 Å². The van der Waals surface area contributed by atoms with Crippen LogP contribution >= 0.6 is 15.8 Å². The Morgan fingerprint density at radius 3 is 2.20 bits per heavy atom. The fourth-order valence-electron chi connectivity index (χ4n) is 2.56. The van der Waals surface area contributed by atoms with E-state index in [1.807, 2.05) is 0 Å². The van der Waals surface area contributed by atoms with Gasteiger partial charge in [-0.3, -0.25) is 0 Å². The van der Waals surface area contributed by atoms with Gasteiger partial charge in [-0.1, -0.05) is 24.3 Å². The first-order valence-corrected chi connectivity index (χ1v) is 11.7. The summed E-state index contributed by atoms with van der Waals surface area (Å²) >= 11 is 0. The van der Waals surface area contributed by atoms with E-state index >= 15 is 0 Å². The van der Waals surface area contributed by atoms with Crippen molar-refractivity contribution in [3.63, 3.8) is 0 Å². The first-order chi connectivity index (χ1) is 9.51. The number of fused-ring (bicyclic) bond motifs is 1. The van der Waals surface area contributed by atoms with Gasteiger partial charge in [0.05, 0.1) is 7.11 Å². The van der Waals surface area contributed by atoms with Crippen LogP contribution in [0.2, 0.25) is 0 Å². The Labute approximate surface area is 125 Å². The molecular formula is C17H24OP2. The highest BCUT2D eigenvalue weighted by atomic mass is 31.1. The summed E-state index contributed by atoms with van der Waals surface area (Å²) in [5, 5.41) is 2.72. The monoisotopic (exact) mass is 306 g/mol. The molecule has 0 aromatic heterocycles. The van der Waals surface area contributed by atoms with Crippen molar-refractivity contribution >= 4 is 26.6 Å². The number of hydrogen-bond donors (Lipinski definition) is 0. The molecule has 0 amide bonds. The highest BCUT2D eigenvalue weighted by Crippen LogP contribution is 2.39. The average Bonchev–Trinajstić information content (AvgIpc) is 2.37. The van der Waals surface area contributed by atoms with Crippen molar-refractivity contribution < 1.29 is 4.74 Å². The molecule has 0 aliphatic rings. The maximum absolute atomic E-state index is 5.56. The summed E-state index contributed by atoms with van der Waals surface area (Å²) in [6.45, 7) is 9.31. The van der Waals surface area contributed by atoms with Crippen LogP contribution in [0.4, 0.5) is 0 Å². The molecule has 3 heteroatoms. The molecule has 0 unspecified atom stereocenters. The maximum atomic E-state index is 5.56. The van der Waals surface area contributed by atoms with E-state index in [9.17, 15) is 0 Å². The molecule has 0 saturated carbocycles. The predicted molar refractivity (Wildman–Crippen MR) is 95.4 cm³/mol. The van der Waals surface area contributed by atoms with Crippen LogP contribution in [0.5, 0.6) is 5.75 Å². The van der Waals surface area contributed by atoms with Crippen molar-refractivity contribution in [3.05, 3.63) is 41.5 Å². The van der Waals surface area contributed by atoms with E-state index in [0.717, 1.165) is 11.9 Å². The van der Waals surface area contributed by atoms with Gasteiger partial charge in [0.25, 0.3) is 0 Å². The van der Waals surface area contributed by atoms with Crippen LogP contribution in [0.3, 0.4) is 0 Å². The largest absolute Gasteiger partial charge is 0.496 e. The number of ether oxygens (including phenoxy) is 1. The smallest absolute Gasteiger partial charge is 0.123 e. The standard InChI is InChI=1S/C17H24OP2/c1-18-17-9-7-14-10-13(11-19(2)3)6-8-15(14)16(17)12-20(4)5/h6-10H,11-12H2,1-5H3. The molecule has 0 bridgehead atoms. The summed E-state index contributed by atoms with van der Waals surface area (Å²) in [6.07, 6.45) is 2.34. The molecule has 0 heterocycles. The van der Waals surface area contributed by atoms with Crippen LogP contribution in [0.25, 0.3) is 10.8 Å². The van der Waals surface area contributed by atoms with E-state index < -0.39 is 0 Å². The van der Waals surface area contributed by atoms with Gasteiger partial charge in [-0.25, -0.2) is 0 Å². The van der Waals surface area contributed by atoms with Gasteiger partial charge in [-0.15, -0.1) is 15.8 Å². The molecule has 0 N–H and O–H groups in total. The van der Waals surface area contributed by atoms with E-state index in [0.29, 0.717) is 0 Å². The third kappa shape index (κ3) is 3.72.